The second kappa shape index (κ2) is 4.71. The monoisotopic (exact) mass is 314 g/mol. The number of fused-ring (bicyclic) bond motifs is 1. The molecule has 7 heteroatoms. The van der Waals surface area contributed by atoms with Crippen molar-refractivity contribution in [2.45, 2.75) is 6.18 Å². The first kappa shape index (κ1) is 13.3. The molecule has 0 aliphatic heterocycles. The molecule has 0 spiro atoms. The van der Waals surface area contributed by atoms with Crippen LogP contribution in [-0.2, 0) is 6.18 Å². The Bertz CT molecular complexity index is 783. The van der Waals surface area contributed by atoms with Crippen LogP contribution < -0.4 is 0 Å². The summed E-state index contributed by atoms with van der Waals surface area (Å²) < 4.78 is 43.6. The van der Waals surface area contributed by atoms with E-state index in [1.165, 1.54) is 12.3 Å². The van der Waals surface area contributed by atoms with Gasteiger partial charge >= 0.3 is 6.18 Å². The molecule has 0 unspecified atom stereocenters. The summed E-state index contributed by atoms with van der Waals surface area (Å²) in [5.41, 5.74) is -0.452. The highest BCUT2D eigenvalue weighted by Crippen LogP contribution is 2.37. The lowest BCUT2D eigenvalue weighted by atomic mass is 10.0. The molecule has 0 radical (unpaired) electrons. The number of aromatic nitrogens is 2. The Morgan fingerprint density at radius 3 is 2.70 bits per heavy atom. The van der Waals surface area contributed by atoms with Gasteiger partial charge in [0, 0.05) is 17.1 Å². The van der Waals surface area contributed by atoms with Gasteiger partial charge in [0.2, 0.25) is 0 Å². The zero-order chi connectivity index (χ0) is 14.3. The Hall–Kier alpha value is -1.66. The maximum absolute atomic E-state index is 13.0. The third-order valence-corrected chi connectivity index (χ3v) is 4.01. The van der Waals surface area contributed by atoms with Crippen LogP contribution in [0.2, 0.25) is 5.15 Å². The molecule has 0 fully saturated rings. The molecule has 0 atom stereocenters. The molecular weight excluding hydrogens is 309 g/mol. The Labute approximate surface area is 121 Å². The first-order valence-electron chi connectivity index (χ1n) is 5.54. The molecule has 2 nitrogen and oxygen atoms in total. The Kier molecular flexibility index (Phi) is 3.14. The van der Waals surface area contributed by atoms with Crippen molar-refractivity contribution in [1.82, 2.24) is 9.36 Å². The van der Waals surface area contributed by atoms with Gasteiger partial charge in [-0.2, -0.15) is 17.5 Å². The van der Waals surface area contributed by atoms with Gasteiger partial charge in [0.15, 0.2) is 5.15 Å². The van der Waals surface area contributed by atoms with E-state index in [0.717, 1.165) is 27.7 Å². The highest BCUT2D eigenvalue weighted by molar-refractivity contribution is 7.13. The van der Waals surface area contributed by atoms with E-state index in [1.807, 2.05) is 0 Å². The van der Waals surface area contributed by atoms with Crippen LogP contribution in [0, 0.1) is 0 Å². The van der Waals surface area contributed by atoms with E-state index >= 15 is 0 Å². The lowest BCUT2D eigenvalue weighted by molar-refractivity contribution is -0.137. The maximum atomic E-state index is 13.0. The Morgan fingerprint density at radius 2 is 1.95 bits per heavy atom. The van der Waals surface area contributed by atoms with Gasteiger partial charge in [0.1, 0.15) is 0 Å². The second-order valence-electron chi connectivity index (χ2n) is 4.08. The predicted octanol–water partition coefficient (Wildman–Crippen LogP) is 5.03. The predicted molar refractivity (Wildman–Crippen MR) is 72.9 cm³/mol. The minimum absolute atomic E-state index is 0.0913. The maximum Gasteiger partial charge on any atom is 0.418 e. The summed E-state index contributed by atoms with van der Waals surface area (Å²) >= 11 is 7.02. The summed E-state index contributed by atoms with van der Waals surface area (Å²) in [7, 11) is 0. The molecule has 1 aromatic carbocycles. The van der Waals surface area contributed by atoms with Gasteiger partial charge in [0.05, 0.1) is 16.0 Å². The van der Waals surface area contributed by atoms with Crippen molar-refractivity contribution in [3.05, 3.63) is 47.2 Å². The number of halogens is 4. The molecule has 20 heavy (non-hydrogen) atoms. The summed E-state index contributed by atoms with van der Waals surface area (Å²) in [5.74, 6) is 0. The first-order chi connectivity index (χ1) is 9.47. The Morgan fingerprint density at radius 1 is 1.15 bits per heavy atom. The van der Waals surface area contributed by atoms with E-state index in [4.69, 9.17) is 11.6 Å². The zero-order valence-electron chi connectivity index (χ0n) is 9.78. The number of nitrogens with zero attached hydrogens (tertiary/aromatic N) is 2. The third kappa shape index (κ3) is 2.25. The van der Waals surface area contributed by atoms with E-state index in [0.29, 0.717) is 10.7 Å². The molecule has 0 aliphatic rings. The van der Waals surface area contributed by atoms with E-state index < -0.39 is 11.7 Å². The smallest absolute Gasteiger partial charge is 0.256 e. The summed E-state index contributed by atoms with van der Waals surface area (Å²) in [6.07, 6.45) is -3.10. The number of alkyl halides is 3. The number of hydrogen-bond donors (Lipinski definition) is 0. The molecule has 3 rings (SSSR count). The minimum atomic E-state index is -4.44. The number of hydrogen-bond acceptors (Lipinski definition) is 3. The SMILES string of the molecule is FC(F)(F)c1cccnc1-c1ccc2c(Cl)nsc2c1. The van der Waals surface area contributed by atoms with Gasteiger partial charge in [-0.25, -0.2) is 0 Å². The Balaban J connectivity index is 2.21. The van der Waals surface area contributed by atoms with Crippen LogP contribution in [0.5, 0.6) is 0 Å². The van der Waals surface area contributed by atoms with Crippen LogP contribution in [0.15, 0.2) is 36.5 Å². The van der Waals surface area contributed by atoms with Crippen LogP contribution in [-0.4, -0.2) is 9.36 Å². The molecule has 0 amide bonds. The van der Waals surface area contributed by atoms with Crippen molar-refractivity contribution >= 4 is 33.2 Å². The summed E-state index contributed by atoms with van der Waals surface area (Å²) in [6, 6.07) is 7.14. The fourth-order valence-corrected chi connectivity index (χ4v) is 2.96. The molecule has 2 aromatic heterocycles. The summed E-state index contributed by atoms with van der Waals surface area (Å²) in [5, 5.41) is 1.08. The topological polar surface area (TPSA) is 25.8 Å². The van der Waals surface area contributed by atoms with Crippen molar-refractivity contribution in [3.8, 4) is 11.3 Å². The minimum Gasteiger partial charge on any atom is -0.256 e. The number of pyridine rings is 1. The lowest BCUT2D eigenvalue weighted by Gasteiger charge is -2.11. The van der Waals surface area contributed by atoms with Gasteiger partial charge in [0.25, 0.3) is 0 Å². The molecule has 0 aliphatic carbocycles. The van der Waals surface area contributed by atoms with Gasteiger partial charge in [-0.3, -0.25) is 4.98 Å². The van der Waals surface area contributed by atoms with Gasteiger partial charge in [-0.05, 0) is 35.8 Å². The fraction of sp³-hybridized carbons (Fsp3) is 0.0769. The quantitative estimate of drug-likeness (QED) is 0.629. The van der Waals surface area contributed by atoms with Crippen molar-refractivity contribution in [3.63, 3.8) is 0 Å². The normalized spacial score (nSPS) is 12.0. The van der Waals surface area contributed by atoms with E-state index in [1.54, 1.807) is 18.2 Å². The van der Waals surface area contributed by atoms with E-state index in [-0.39, 0.29) is 5.69 Å². The van der Waals surface area contributed by atoms with Crippen molar-refractivity contribution in [2.75, 3.05) is 0 Å². The van der Waals surface area contributed by atoms with Crippen molar-refractivity contribution in [2.24, 2.45) is 0 Å². The molecule has 3 aromatic rings. The van der Waals surface area contributed by atoms with E-state index in [9.17, 15) is 13.2 Å². The first-order valence-corrected chi connectivity index (χ1v) is 6.69. The standard InChI is InChI=1S/C13H6ClF3N2S/c14-12-8-4-3-7(6-10(8)20-19-12)11-9(13(15,16)17)2-1-5-18-11/h1-6H. The lowest BCUT2D eigenvalue weighted by Crippen LogP contribution is -2.08. The molecule has 0 saturated carbocycles. The summed E-state index contributed by atoms with van der Waals surface area (Å²) in [6.45, 7) is 0. The largest absolute Gasteiger partial charge is 0.418 e. The summed E-state index contributed by atoms with van der Waals surface area (Å²) in [4.78, 5) is 3.86. The second-order valence-corrected chi connectivity index (χ2v) is 5.24. The molecule has 0 saturated heterocycles. The highest BCUT2D eigenvalue weighted by Gasteiger charge is 2.34. The van der Waals surface area contributed by atoms with Gasteiger partial charge in [-0.1, -0.05) is 17.7 Å². The van der Waals surface area contributed by atoms with Gasteiger partial charge in [-0.15, -0.1) is 0 Å². The fourth-order valence-electron chi connectivity index (χ4n) is 1.92. The number of benzene rings is 1. The van der Waals surface area contributed by atoms with Crippen LogP contribution in [0.4, 0.5) is 13.2 Å². The molecule has 0 N–H and O–H groups in total. The average Bonchev–Trinajstić information content (AvgIpc) is 2.79. The van der Waals surface area contributed by atoms with E-state index in [2.05, 4.69) is 9.36 Å². The highest BCUT2D eigenvalue weighted by atomic mass is 35.5. The molecule has 0 bridgehead atoms. The van der Waals surface area contributed by atoms with Gasteiger partial charge < -0.3 is 0 Å². The average molecular weight is 315 g/mol. The molecule has 102 valence electrons. The van der Waals surface area contributed by atoms with Crippen molar-refractivity contribution in [1.29, 1.82) is 0 Å². The molecular formula is C13H6ClF3N2S. The van der Waals surface area contributed by atoms with Crippen LogP contribution in [0.25, 0.3) is 21.3 Å². The van der Waals surface area contributed by atoms with Crippen molar-refractivity contribution < 1.29 is 13.2 Å². The van der Waals surface area contributed by atoms with Crippen LogP contribution >= 0.6 is 23.1 Å². The third-order valence-electron chi connectivity index (χ3n) is 2.81. The number of rotatable bonds is 1. The van der Waals surface area contributed by atoms with Crippen LogP contribution in [0.1, 0.15) is 5.56 Å². The zero-order valence-corrected chi connectivity index (χ0v) is 11.4. The van der Waals surface area contributed by atoms with Crippen LogP contribution in [0.3, 0.4) is 0 Å². The molecule has 2 heterocycles.